The van der Waals surface area contributed by atoms with Crippen LogP contribution in [0.1, 0.15) is 12.8 Å². The van der Waals surface area contributed by atoms with Crippen LogP contribution in [0.3, 0.4) is 0 Å². The lowest BCUT2D eigenvalue weighted by Gasteiger charge is -2.21. The van der Waals surface area contributed by atoms with Crippen molar-refractivity contribution in [3.63, 3.8) is 0 Å². The van der Waals surface area contributed by atoms with Gasteiger partial charge in [0, 0.05) is 0 Å². The lowest BCUT2D eigenvalue weighted by atomic mass is 10.0. The second kappa shape index (κ2) is 3.46. The van der Waals surface area contributed by atoms with Crippen molar-refractivity contribution in [3.05, 3.63) is 17.1 Å². The van der Waals surface area contributed by atoms with Gasteiger partial charge < -0.3 is 4.74 Å². The molecule has 0 N–H and O–H groups in total. The lowest BCUT2D eigenvalue weighted by Crippen LogP contribution is -2.22. The Morgan fingerprint density at radius 2 is 2.60 bits per heavy atom. The van der Waals surface area contributed by atoms with Crippen LogP contribution < -0.4 is 0 Å². The van der Waals surface area contributed by atoms with E-state index in [1.807, 2.05) is 0 Å². The zero-order chi connectivity index (χ0) is 7.40. The quantitative estimate of drug-likeness (QED) is 0.431. The molecule has 0 radical (unpaired) electrons. The molecule has 1 atom stereocenters. The molecule has 0 bridgehead atoms. The van der Waals surface area contributed by atoms with Crippen LogP contribution in [0.4, 0.5) is 0 Å². The maximum atomic E-state index is 9.82. The van der Waals surface area contributed by atoms with E-state index in [4.69, 9.17) is 4.74 Å². The van der Waals surface area contributed by atoms with Gasteiger partial charge in [0.15, 0.2) is 0 Å². The number of ether oxygens (including phenoxy) is 1. The van der Waals surface area contributed by atoms with Gasteiger partial charge in [-0.2, -0.15) is 4.91 Å². The summed E-state index contributed by atoms with van der Waals surface area (Å²) in [5.74, 6) is 0. The minimum atomic E-state index is -0.00116. The van der Waals surface area contributed by atoms with E-state index in [1.165, 1.54) is 5.57 Å². The molecule has 0 unspecified atom stereocenters. The molecule has 3 heteroatoms. The van der Waals surface area contributed by atoms with Crippen molar-refractivity contribution >= 4 is 0 Å². The molecule has 0 aromatic heterocycles. The Morgan fingerprint density at radius 3 is 3.20 bits per heavy atom. The zero-order valence-electron chi connectivity index (χ0n) is 5.88. The predicted octanol–water partition coefficient (Wildman–Crippen LogP) is 1.49. The number of rotatable bonds is 2. The van der Waals surface area contributed by atoms with Gasteiger partial charge in [-0.3, -0.25) is 0 Å². The van der Waals surface area contributed by atoms with E-state index >= 15 is 0 Å². The van der Waals surface area contributed by atoms with Crippen LogP contribution in [0.25, 0.3) is 0 Å². The summed E-state index contributed by atoms with van der Waals surface area (Å²) in [6, 6.07) is 0. The van der Waals surface area contributed by atoms with Crippen molar-refractivity contribution < 1.29 is 4.74 Å². The van der Waals surface area contributed by atoms with E-state index in [0.29, 0.717) is 6.61 Å². The molecule has 56 valence electrons. The molecule has 1 rings (SSSR count). The van der Waals surface area contributed by atoms with Crippen LogP contribution in [0, 0.1) is 4.91 Å². The van der Waals surface area contributed by atoms with Gasteiger partial charge in [-0.1, -0.05) is 17.3 Å². The third kappa shape index (κ3) is 1.92. The van der Waals surface area contributed by atoms with Crippen molar-refractivity contribution in [2.75, 3.05) is 13.2 Å². The summed E-state index contributed by atoms with van der Waals surface area (Å²) in [4.78, 5) is 9.82. The first kappa shape index (κ1) is 7.41. The van der Waals surface area contributed by atoms with E-state index in [-0.39, 0.29) is 12.6 Å². The van der Waals surface area contributed by atoms with E-state index < -0.39 is 0 Å². The largest absolute Gasteiger partial charge is 0.375 e. The SMILES string of the molecule is C=C1CCO[C@H](CN=O)C1. The van der Waals surface area contributed by atoms with Crippen LogP contribution in [-0.2, 0) is 4.74 Å². The maximum Gasteiger partial charge on any atom is 0.108 e. The van der Waals surface area contributed by atoms with E-state index in [0.717, 1.165) is 12.8 Å². The molecule has 0 aromatic carbocycles. The van der Waals surface area contributed by atoms with Gasteiger partial charge in [-0.05, 0) is 12.8 Å². The van der Waals surface area contributed by atoms with Gasteiger partial charge in [-0.25, -0.2) is 0 Å². The summed E-state index contributed by atoms with van der Waals surface area (Å²) < 4.78 is 5.23. The second-order valence-corrected chi connectivity index (χ2v) is 2.51. The number of hydrogen-bond donors (Lipinski definition) is 0. The molecule has 3 nitrogen and oxygen atoms in total. The fraction of sp³-hybridized carbons (Fsp3) is 0.714. The average Bonchev–Trinajstić information content (AvgIpc) is 1.88. The molecule has 1 aliphatic heterocycles. The van der Waals surface area contributed by atoms with Gasteiger partial charge in [0.25, 0.3) is 0 Å². The first-order valence-corrected chi connectivity index (χ1v) is 3.40. The summed E-state index contributed by atoms with van der Waals surface area (Å²) in [6.45, 7) is 4.78. The standard InChI is InChI=1S/C7H11NO2/c1-6-2-3-10-7(4-6)5-8-9/h7H,1-5H2/t7-/m0/s1. The highest BCUT2D eigenvalue weighted by Gasteiger charge is 2.15. The van der Waals surface area contributed by atoms with Gasteiger partial charge in [0.1, 0.15) is 6.54 Å². The molecular weight excluding hydrogens is 130 g/mol. The summed E-state index contributed by atoms with van der Waals surface area (Å²) in [6.07, 6.45) is 1.72. The molecule has 10 heavy (non-hydrogen) atoms. The fourth-order valence-corrected chi connectivity index (χ4v) is 1.05. The summed E-state index contributed by atoms with van der Waals surface area (Å²) in [5.41, 5.74) is 1.17. The van der Waals surface area contributed by atoms with Gasteiger partial charge in [0.2, 0.25) is 0 Å². The highest BCUT2D eigenvalue weighted by atomic mass is 16.5. The van der Waals surface area contributed by atoms with Crippen LogP contribution in [0.15, 0.2) is 17.3 Å². The summed E-state index contributed by atoms with van der Waals surface area (Å²) in [7, 11) is 0. The number of nitroso groups, excluding NO2 is 1. The van der Waals surface area contributed by atoms with Gasteiger partial charge in [0.05, 0.1) is 12.7 Å². The highest BCUT2D eigenvalue weighted by molar-refractivity contribution is 4.99. The monoisotopic (exact) mass is 141 g/mol. The molecule has 1 aliphatic rings. The van der Waals surface area contributed by atoms with Crippen molar-refractivity contribution in [1.29, 1.82) is 0 Å². The predicted molar refractivity (Wildman–Crippen MR) is 38.8 cm³/mol. The Kier molecular flexibility index (Phi) is 2.57. The number of hydrogen-bond acceptors (Lipinski definition) is 3. The minimum absolute atomic E-state index is 0.00116. The molecule has 0 amide bonds. The van der Waals surface area contributed by atoms with Crippen molar-refractivity contribution in [3.8, 4) is 0 Å². The molecular formula is C7H11NO2. The molecule has 1 fully saturated rings. The molecule has 0 spiro atoms. The molecule has 1 saturated heterocycles. The third-order valence-electron chi connectivity index (χ3n) is 1.60. The van der Waals surface area contributed by atoms with Crippen LogP contribution >= 0.6 is 0 Å². The van der Waals surface area contributed by atoms with Crippen molar-refractivity contribution in [2.24, 2.45) is 5.18 Å². The Morgan fingerprint density at radius 1 is 1.80 bits per heavy atom. The normalized spacial score (nSPS) is 26.4. The first-order chi connectivity index (χ1) is 4.83. The highest BCUT2D eigenvalue weighted by Crippen LogP contribution is 2.17. The number of nitrogens with zero attached hydrogens (tertiary/aromatic N) is 1. The lowest BCUT2D eigenvalue weighted by molar-refractivity contribution is 0.0423. The Balaban J connectivity index is 2.31. The summed E-state index contributed by atoms with van der Waals surface area (Å²) in [5, 5.41) is 2.78. The first-order valence-electron chi connectivity index (χ1n) is 3.40. The minimum Gasteiger partial charge on any atom is -0.375 e. The smallest absolute Gasteiger partial charge is 0.108 e. The second-order valence-electron chi connectivity index (χ2n) is 2.51. The Bertz CT molecular complexity index is 145. The molecule has 0 saturated carbocycles. The molecule has 1 heterocycles. The average molecular weight is 141 g/mol. The topological polar surface area (TPSA) is 38.7 Å². The zero-order valence-corrected chi connectivity index (χ0v) is 5.88. The third-order valence-corrected chi connectivity index (χ3v) is 1.60. The van der Waals surface area contributed by atoms with E-state index in [2.05, 4.69) is 11.8 Å². The summed E-state index contributed by atoms with van der Waals surface area (Å²) >= 11 is 0. The van der Waals surface area contributed by atoms with Crippen molar-refractivity contribution in [1.82, 2.24) is 0 Å². The molecule has 0 aliphatic carbocycles. The van der Waals surface area contributed by atoms with Gasteiger partial charge in [-0.15, -0.1) is 0 Å². The Labute approximate surface area is 60.0 Å². The van der Waals surface area contributed by atoms with Gasteiger partial charge >= 0.3 is 0 Å². The van der Waals surface area contributed by atoms with E-state index in [1.54, 1.807) is 0 Å². The fourth-order valence-electron chi connectivity index (χ4n) is 1.05. The molecule has 0 aromatic rings. The Hall–Kier alpha value is -0.700. The van der Waals surface area contributed by atoms with Crippen LogP contribution in [-0.4, -0.2) is 19.3 Å². The maximum absolute atomic E-state index is 9.82. The van der Waals surface area contributed by atoms with E-state index in [9.17, 15) is 4.91 Å². The van der Waals surface area contributed by atoms with Crippen LogP contribution in [0.2, 0.25) is 0 Å². The van der Waals surface area contributed by atoms with Crippen LogP contribution in [0.5, 0.6) is 0 Å². The van der Waals surface area contributed by atoms with Crippen molar-refractivity contribution in [2.45, 2.75) is 18.9 Å².